The molecule has 0 aliphatic heterocycles. The summed E-state index contributed by atoms with van der Waals surface area (Å²) in [6.07, 6.45) is -3.22. The monoisotopic (exact) mass is 299 g/mol. The first kappa shape index (κ1) is 17.9. The number of halogens is 4. The minimum absolute atomic E-state index is 0. The lowest BCUT2D eigenvalue weighted by atomic mass is 10.0. The third kappa shape index (κ3) is 5.57. The summed E-state index contributed by atoms with van der Waals surface area (Å²) >= 11 is 0. The number of ether oxygens (including phenoxy) is 2. The Morgan fingerprint density at radius 1 is 1.32 bits per heavy atom. The van der Waals surface area contributed by atoms with Crippen molar-refractivity contribution in [3.05, 3.63) is 23.8 Å². The Hall–Kier alpha value is -1.14. The van der Waals surface area contributed by atoms with Crippen molar-refractivity contribution in [3.63, 3.8) is 0 Å². The maximum Gasteiger partial charge on any atom is 0.573 e. The van der Waals surface area contributed by atoms with Crippen LogP contribution in [-0.4, -0.2) is 13.5 Å². The van der Waals surface area contributed by atoms with Crippen LogP contribution >= 0.6 is 12.4 Å². The molecule has 0 bridgehead atoms. The number of rotatable bonds is 5. The van der Waals surface area contributed by atoms with Gasteiger partial charge in [0.05, 0.1) is 7.11 Å². The average Bonchev–Trinajstić information content (AvgIpc) is 2.27. The third-order valence-corrected chi connectivity index (χ3v) is 2.43. The average molecular weight is 300 g/mol. The summed E-state index contributed by atoms with van der Waals surface area (Å²) in [4.78, 5) is 0. The van der Waals surface area contributed by atoms with Crippen LogP contribution in [0.1, 0.15) is 31.4 Å². The largest absolute Gasteiger partial charge is 0.573 e. The molecule has 0 fully saturated rings. The van der Waals surface area contributed by atoms with Crippen molar-refractivity contribution in [2.24, 2.45) is 5.73 Å². The van der Waals surface area contributed by atoms with Crippen LogP contribution in [0.15, 0.2) is 18.2 Å². The van der Waals surface area contributed by atoms with Gasteiger partial charge in [0.2, 0.25) is 0 Å². The molecular weight excluding hydrogens is 283 g/mol. The summed E-state index contributed by atoms with van der Waals surface area (Å²) in [7, 11) is 1.45. The Kier molecular flexibility index (Phi) is 7.00. The summed E-state index contributed by atoms with van der Waals surface area (Å²) in [5.41, 5.74) is 6.41. The first-order valence-corrected chi connectivity index (χ1v) is 5.56. The Bertz CT molecular complexity index is 399. The van der Waals surface area contributed by atoms with E-state index in [1.54, 1.807) is 0 Å². The van der Waals surface area contributed by atoms with Crippen molar-refractivity contribution < 1.29 is 22.6 Å². The van der Waals surface area contributed by atoms with Crippen LogP contribution in [0.25, 0.3) is 0 Å². The normalized spacial score (nSPS) is 12.5. The van der Waals surface area contributed by atoms with Gasteiger partial charge in [-0.3, -0.25) is 0 Å². The molecule has 0 aliphatic rings. The van der Waals surface area contributed by atoms with E-state index in [-0.39, 0.29) is 24.2 Å². The molecule has 0 amide bonds. The maximum absolute atomic E-state index is 12.1. The Morgan fingerprint density at radius 3 is 2.42 bits per heavy atom. The molecule has 7 heteroatoms. The molecule has 3 nitrogen and oxygen atoms in total. The molecule has 1 aromatic rings. The van der Waals surface area contributed by atoms with E-state index in [0.29, 0.717) is 17.7 Å². The fourth-order valence-electron chi connectivity index (χ4n) is 1.67. The molecule has 1 atom stereocenters. The van der Waals surface area contributed by atoms with E-state index in [2.05, 4.69) is 4.74 Å². The van der Waals surface area contributed by atoms with Gasteiger partial charge in [-0.15, -0.1) is 25.6 Å². The van der Waals surface area contributed by atoms with E-state index < -0.39 is 6.36 Å². The molecule has 0 saturated carbocycles. The van der Waals surface area contributed by atoms with E-state index in [9.17, 15) is 13.2 Å². The molecule has 2 N–H and O–H groups in total. The lowest BCUT2D eigenvalue weighted by molar-refractivity contribution is -0.274. The highest BCUT2D eigenvalue weighted by atomic mass is 35.5. The van der Waals surface area contributed by atoms with E-state index in [0.717, 1.165) is 6.42 Å². The van der Waals surface area contributed by atoms with Gasteiger partial charge in [-0.05, 0) is 24.6 Å². The minimum atomic E-state index is -4.71. The van der Waals surface area contributed by atoms with Gasteiger partial charge in [0.15, 0.2) is 0 Å². The van der Waals surface area contributed by atoms with Crippen molar-refractivity contribution in [1.82, 2.24) is 0 Å². The first-order chi connectivity index (χ1) is 8.37. The quantitative estimate of drug-likeness (QED) is 0.899. The number of hydrogen-bond donors (Lipinski definition) is 1. The van der Waals surface area contributed by atoms with Crippen molar-refractivity contribution in [2.45, 2.75) is 32.2 Å². The minimum Gasteiger partial charge on any atom is -0.496 e. The van der Waals surface area contributed by atoms with Gasteiger partial charge in [0.25, 0.3) is 0 Å². The first-order valence-electron chi connectivity index (χ1n) is 5.56. The molecule has 0 aromatic heterocycles. The SMILES string of the molecule is CCC[C@@H](N)c1cc(OC(F)(F)F)ccc1OC.Cl. The molecule has 0 unspecified atom stereocenters. The Morgan fingerprint density at radius 2 is 1.95 bits per heavy atom. The lowest BCUT2D eigenvalue weighted by Gasteiger charge is -2.17. The Labute approximate surface area is 116 Å². The van der Waals surface area contributed by atoms with Gasteiger partial charge in [0, 0.05) is 11.6 Å². The van der Waals surface area contributed by atoms with Crippen LogP contribution in [0.5, 0.6) is 11.5 Å². The molecule has 0 saturated heterocycles. The molecular formula is C12H17ClF3NO2. The topological polar surface area (TPSA) is 44.5 Å². The molecule has 0 heterocycles. The summed E-state index contributed by atoms with van der Waals surface area (Å²) in [6.45, 7) is 1.95. The van der Waals surface area contributed by atoms with E-state index >= 15 is 0 Å². The zero-order valence-electron chi connectivity index (χ0n) is 10.7. The third-order valence-electron chi connectivity index (χ3n) is 2.43. The Balaban J connectivity index is 0.00000324. The molecule has 1 aromatic carbocycles. The fraction of sp³-hybridized carbons (Fsp3) is 0.500. The summed E-state index contributed by atoms with van der Waals surface area (Å²) in [6, 6.07) is 3.52. The van der Waals surface area contributed by atoms with Crippen LogP contribution in [0, 0.1) is 0 Å². The van der Waals surface area contributed by atoms with Gasteiger partial charge in [-0.2, -0.15) is 0 Å². The summed E-state index contributed by atoms with van der Waals surface area (Å²) < 4.78 is 45.3. The molecule has 19 heavy (non-hydrogen) atoms. The van der Waals surface area contributed by atoms with Crippen molar-refractivity contribution >= 4 is 12.4 Å². The van der Waals surface area contributed by atoms with Crippen LogP contribution < -0.4 is 15.2 Å². The van der Waals surface area contributed by atoms with E-state index in [1.807, 2.05) is 6.92 Å². The second-order valence-electron chi connectivity index (χ2n) is 3.85. The van der Waals surface area contributed by atoms with E-state index in [1.165, 1.54) is 25.3 Å². The predicted octanol–water partition coefficient (Wildman–Crippen LogP) is 3.82. The van der Waals surface area contributed by atoms with E-state index in [4.69, 9.17) is 10.5 Å². The maximum atomic E-state index is 12.1. The van der Waals surface area contributed by atoms with Gasteiger partial charge in [-0.25, -0.2) is 0 Å². The highest BCUT2D eigenvalue weighted by Gasteiger charge is 2.31. The van der Waals surface area contributed by atoms with Crippen molar-refractivity contribution in [1.29, 1.82) is 0 Å². The molecule has 0 aliphatic carbocycles. The van der Waals surface area contributed by atoms with Gasteiger partial charge in [-0.1, -0.05) is 13.3 Å². The second-order valence-corrected chi connectivity index (χ2v) is 3.85. The zero-order chi connectivity index (χ0) is 13.8. The second kappa shape index (κ2) is 7.45. The van der Waals surface area contributed by atoms with Gasteiger partial charge < -0.3 is 15.2 Å². The molecule has 0 radical (unpaired) electrons. The predicted molar refractivity (Wildman–Crippen MR) is 68.8 cm³/mol. The standard InChI is InChI=1S/C12H16F3NO2.ClH/c1-3-4-10(16)9-7-8(18-12(13,14)15)5-6-11(9)17-2;/h5-7,10H,3-4,16H2,1-2H3;1H/t10-;/m1./s1. The van der Waals surface area contributed by atoms with Crippen molar-refractivity contribution in [3.8, 4) is 11.5 Å². The van der Waals surface area contributed by atoms with Gasteiger partial charge in [0.1, 0.15) is 11.5 Å². The zero-order valence-corrected chi connectivity index (χ0v) is 11.5. The highest BCUT2D eigenvalue weighted by molar-refractivity contribution is 5.85. The van der Waals surface area contributed by atoms with Gasteiger partial charge >= 0.3 is 6.36 Å². The van der Waals surface area contributed by atoms with Crippen LogP contribution in [0.2, 0.25) is 0 Å². The summed E-state index contributed by atoms with van der Waals surface area (Å²) in [5, 5.41) is 0. The smallest absolute Gasteiger partial charge is 0.496 e. The fourth-order valence-corrected chi connectivity index (χ4v) is 1.67. The number of methoxy groups -OCH3 is 1. The highest BCUT2D eigenvalue weighted by Crippen LogP contribution is 2.32. The van der Waals surface area contributed by atoms with Crippen LogP contribution in [0.4, 0.5) is 13.2 Å². The molecule has 1 rings (SSSR count). The number of hydrogen-bond acceptors (Lipinski definition) is 3. The van der Waals surface area contributed by atoms with Crippen molar-refractivity contribution in [2.75, 3.05) is 7.11 Å². The summed E-state index contributed by atoms with van der Waals surface area (Å²) in [5.74, 6) is 0.176. The number of alkyl halides is 3. The van der Waals surface area contributed by atoms with Crippen LogP contribution in [0.3, 0.4) is 0 Å². The molecule has 110 valence electrons. The molecule has 0 spiro atoms. The number of benzene rings is 1. The number of nitrogens with two attached hydrogens (primary N) is 1. The van der Waals surface area contributed by atoms with Crippen LogP contribution in [-0.2, 0) is 0 Å². The lowest BCUT2D eigenvalue weighted by Crippen LogP contribution is -2.18.